The van der Waals surface area contributed by atoms with Crippen LogP contribution in [0.1, 0.15) is 31.4 Å². The third kappa shape index (κ3) is 3.43. The van der Waals surface area contributed by atoms with E-state index in [4.69, 9.17) is 4.74 Å². The molecule has 2 amide bonds. The van der Waals surface area contributed by atoms with Gasteiger partial charge in [0.15, 0.2) is 0 Å². The summed E-state index contributed by atoms with van der Waals surface area (Å²) in [5.41, 5.74) is 3.98. The molecule has 1 N–H and O–H groups in total. The number of ether oxygens (including phenoxy) is 1. The minimum Gasteiger partial charge on any atom is -0.497 e. The molecule has 4 nitrogen and oxygen atoms in total. The normalized spacial score (nSPS) is 17.8. The highest BCUT2D eigenvalue weighted by atomic mass is 16.5. The topological polar surface area (TPSA) is 41.6 Å². The molecular weight excluding hydrogens is 276 g/mol. The van der Waals surface area contributed by atoms with Crippen molar-refractivity contribution in [3.05, 3.63) is 35.4 Å². The summed E-state index contributed by atoms with van der Waals surface area (Å²) in [6.07, 6.45) is 4.33. The smallest absolute Gasteiger partial charge is 0.317 e. The lowest BCUT2D eigenvalue weighted by atomic mass is 9.70. The number of carbonyl (C=O) groups is 1. The van der Waals surface area contributed by atoms with Crippen molar-refractivity contribution in [2.24, 2.45) is 5.41 Å². The van der Waals surface area contributed by atoms with Crippen LogP contribution in [0.25, 0.3) is 5.57 Å². The van der Waals surface area contributed by atoms with Gasteiger partial charge in [-0.1, -0.05) is 26.0 Å². The van der Waals surface area contributed by atoms with E-state index >= 15 is 0 Å². The van der Waals surface area contributed by atoms with E-state index in [2.05, 4.69) is 37.4 Å². The van der Waals surface area contributed by atoms with E-state index in [-0.39, 0.29) is 11.4 Å². The number of methoxy groups -OCH3 is 1. The van der Waals surface area contributed by atoms with Gasteiger partial charge in [-0.15, -0.1) is 0 Å². The summed E-state index contributed by atoms with van der Waals surface area (Å²) in [6, 6.07) is 6.20. The molecule has 0 spiro atoms. The molecule has 0 atom stereocenters. The Labute approximate surface area is 133 Å². The van der Waals surface area contributed by atoms with Gasteiger partial charge < -0.3 is 15.0 Å². The van der Waals surface area contributed by atoms with Crippen LogP contribution in [0.3, 0.4) is 0 Å². The molecule has 120 valence electrons. The molecule has 1 aromatic rings. The molecule has 0 aromatic heterocycles. The van der Waals surface area contributed by atoms with Gasteiger partial charge >= 0.3 is 6.03 Å². The van der Waals surface area contributed by atoms with Crippen molar-refractivity contribution in [3.63, 3.8) is 0 Å². The monoisotopic (exact) mass is 302 g/mol. The molecule has 2 rings (SSSR count). The molecule has 4 heteroatoms. The standard InChI is InChI=1S/C18H26N2O2/c1-18(2)10-8-13-6-7-14(22-5)12-15(13)16(18)9-11-19-17(21)20(3)4/h6-7,9,12H,8,10-11H2,1-5H3,(H,19,21). The lowest BCUT2D eigenvalue weighted by Crippen LogP contribution is -2.34. The van der Waals surface area contributed by atoms with Crippen LogP contribution >= 0.6 is 0 Å². The summed E-state index contributed by atoms with van der Waals surface area (Å²) in [6.45, 7) is 5.05. The van der Waals surface area contributed by atoms with E-state index in [1.54, 1.807) is 26.1 Å². The van der Waals surface area contributed by atoms with Gasteiger partial charge in [0.05, 0.1) is 7.11 Å². The van der Waals surface area contributed by atoms with Gasteiger partial charge in [0, 0.05) is 20.6 Å². The van der Waals surface area contributed by atoms with Crippen molar-refractivity contribution in [3.8, 4) is 5.75 Å². The molecule has 0 aliphatic heterocycles. The highest BCUT2D eigenvalue weighted by Gasteiger charge is 2.30. The summed E-state index contributed by atoms with van der Waals surface area (Å²) < 4.78 is 5.37. The number of aryl methyl sites for hydroxylation is 1. The molecule has 0 saturated carbocycles. The maximum Gasteiger partial charge on any atom is 0.317 e. The van der Waals surface area contributed by atoms with Gasteiger partial charge in [-0.25, -0.2) is 4.79 Å². The summed E-state index contributed by atoms with van der Waals surface area (Å²) in [5.74, 6) is 0.875. The van der Waals surface area contributed by atoms with E-state index in [0.717, 1.165) is 18.6 Å². The summed E-state index contributed by atoms with van der Waals surface area (Å²) >= 11 is 0. The predicted molar refractivity (Wildman–Crippen MR) is 90.2 cm³/mol. The van der Waals surface area contributed by atoms with Gasteiger partial charge in [-0.05, 0) is 47.1 Å². The molecule has 1 aliphatic carbocycles. The number of carbonyl (C=O) groups excluding carboxylic acids is 1. The van der Waals surface area contributed by atoms with Crippen molar-refractivity contribution in [1.29, 1.82) is 0 Å². The van der Waals surface area contributed by atoms with Crippen molar-refractivity contribution in [1.82, 2.24) is 10.2 Å². The van der Waals surface area contributed by atoms with Crippen LogP contribution in [-0.4, -0.2) is 38.7 Å². The molecular formula is C18H26N2O2. The van der Waals surface area contributed by atoms with E-state index in [1.165, 1.54) is 16.7 Å². The Hall–Kier alpha value is -1.97. The second-order valence-electron chi connectivity index (χ2n) is 6.61. The van der Waals surface area contributed by atoms with Crippen LogP contribution in [0.15, 0.2) is 24.3 Å². The number of nitrogens with one attached hydrogen (secondary N) is 1. The van der Waals surface area contributed by atoms with Gasteiger partial charge in [0.1, 0.15) is 5.75 Å². The third-order valence-electron chi connectivity index (χ3n) is 4.32. The van der Waals surface area contributed by atoms with E-state index in [9.17, 15) is 4.79 Å². The molecule has 22 heavy (non-hydrogen) atoms. The van der Waals surface area contributed by atoms with Crippen molar-refractivity contribution >= 4 is 11.6 Å². The second-order valence-corrected chi connectivity index (χ2v) is 6.61. The number of fused-ring (bicyclic) bond motifs is 1. The van der Waals surface area contributed by atoms with Gasteiger partial charge in [-0.3, -0.25) is 0 Å². The Morgan fingerprint density at radius 1 is 1.41 bits per heavy atom. The number of allylic oxidation sites excluding steroid dienone is 1. The quantitative estimate of drug-likeness (QED) is 0.930. The first-order valence-corrected chi connectivity index (χ1v) is 7.68. The first kappa shape index (κ1) is 16.4. The Kier molecular flexibility index (Phi) is 4.79. The first-order valence-electron chi connectivity index (χ1n) is 7.68. The van der Waals surface area contributed by atoms with Crippen LogP contribution in [0.4, 0.5) is 4.79 Å². The summed E-state index contributed by atoms with van der Waals surface area (Å²) in [4.78, 5) is 13.2. The van der Waals surface area contributed by atoms with E-state index in [0.29, 0.717) is 6.54 Å². The lowest BCUT2D eigenvalue weighted by molar-refractivity contribution is 0.218. The van der Waals surface area contributed by atoms with Crippen molar-refractivity contribution in [2.75, 3.05) is 27.7 Å². The highest BCUT2D eigenvalue weighted by Crippen LogP contribution is 2.45. The second kappa shape index (κ2) is 6.42. The molecule has 1 aromatic carbocycles. The number of hydrogen-bond acceptors (Lipinski definition) is 2. The molecule has 0 bridgehead atoms. The largest absolute Gasteiger partial charge is 0.497 e. The Bertz CT molecular complexity index is 589. The SMILES string of the molecule is COc1ccc2c(c1)C(=CCNC(=O)N(C)C)C(C)(C)CC2. The molecule has 1 aliphatic rings. The van der Waals surface area contributed by atoms with Gasteiger partial charge in [0.2, 0.25) is 0 Å². The predicted octanol–water partition coefficient (Wildman–Crippen LogP) is 3.32. The van der Waals surface area contributed by atoms with Crippen LogP contribution in [0.2, 0.25) is 0 Å². The number of nitrogens with zero attached hydrogens (tertiary/aromatic N) is 1. The zero-order chi connectivity index (χ0) is 16.3. The molecule has 0 radical (unpaired) electrons. The molecule has 0 fully saturated rings. The average molecular weight is 302 g/mol. The molecule has 0 heterocycles. The summed E-state index contributed by atoms with van der Waals surface area (Å²) in [5, 5.41) is 2.91. The Balaban J connectivity index is 2.29. The number of amides is 2. The fourth-order valence-electron chi connectivity index (χ4n) is 2.88. The van der Waals surface area contributed by atoms with Crippen LogP contribution < -0.4 is 10.1 Å². The first-order chi connectivity index (χ1) is 10.3. The van der Waals surface area contributed by atoms with Gasteiger partial charge in [-0.2, -0.15) is 0 Å². The third-order valence-corrected chi connectivity index (χ3v) is 4.32. The minimum absolute atomic E-state index is 0.0728. The Morgan fingerprint density at radius 3 is 2.77 bits per heavy atom. The fraction of sp³-hybridized carbons (Fsp3) is 0.500. The zero-order valence-corrected chi connectivity index (χ0v) is 14.2. The van der Waals surface area contributed by atoms with E-state index < -0.39 is 0 Å². The maximum atomic E-state index is 11.7. The molecule has 0 unspecified atom stereocenters. The number of benzene rings is 1. The number of hydrogen-bond donors (Lipinski definition) is 1. The maximum absolute atomic E-state index is 11.7. The van der Waals surface area contributed by atoms with Crippen LogP contribution in [-0.2, 0) is 6.42 Å². The number of urea groups is 1. The highest BCUT2D eigenvalue weighted by molar-refractivity contribution is 5.77. The lowest BCUT2D eigenvalue weighted by Gasteiger charge is -2.35. The molecule has 0 saturated heterocycles. The van der Waals surface area contributed by atoms with E-state index in [1.807, 2.05) is 6.07 Å². The average Bonchev–Trinajstić information content (AvgIpc) is 2.48. The zero-order valence-electron chi connectivity index (χ0n) is 14.2. The fourth-order valence-corrected chi connectivity index (χ4v) is 2.88. The van der Waals surface area contributed by atoms with Crippen molar-refractivity contribution in [2.45, 2.75) is 26.7 Å². The summed E-state index contributed by atoms with van der Waals surface area (Å²) in [7, 11) is 5.18. The minimum atomic E-state index is -0.0728. The van der Waals surface area contributed by atoms with Gasteiger partial charge in [0.25, 0.3) is 0 Å². The Morgan fingerprint density at radius 2 is 2.14 bits per heavy atom. The van der Waals surface area contributed by atoms with Crippen LogP contribution in [0, 0.1) is 5.41 Å². The number of rotatable bonds is 3. The van der Waals surface area contributed by atoms with Crippen molar-refractivity contribution < 1.29 is 9.53 Å². The van der Waals surface area contributed by atoms with Crippen LogP contribution in [0.5, 0.6) is 5.75 Å².